The number of carbonyl (C=O) groups excluding carboxylic acids is 1. The zero-order valence-electron chi connectivity index (χ0n) is 13.6. The molecular weight excluding hydrogens is 304 g/mol. The predicted octanol–water partition coefficient (Wildman–Crippen LogP) is 2.35. The molecule has 0 aliphatic carbocycles. The summed E-state index contributed by atoms with van der Waals surface area (Å²) in [7, 11) is 0. The standard InChI is InChI=1S/C18H22N4O2/c23-17(7-12-21-18-19-10-4-11-20-18)22-13-8-16(9-14-22)24-15-5-2-1-3-6-15/h1-6,10-11,16H,7-9,12-14H2,(H,19,20,21). The molecule has 1 aromatic heterocycles. The monoisotopic (exact) mass is 326 g/mol. The molecule has 6 nitrogen and oxygen atoms in total. The van der Waals surface area contributed by atoms with Gasteiger partial charge in [0.2, 0.25) is 11.9 Å². The molecule has 0 saturated carbocycles. The molecule has 1 aliphatic heterocycles. The summed E-state index contributed by atoms with van der Waals surface area (Å²) in [6, 6.07) is 11.6. The van der Waals surface area contributed by atoms with Gasteiger partial charge >= 0.3 is 0 Å². The molecule has 1 amide bonds. The Kier molecular flexibility index (Phi) is 5.61. The average molecular weight is 326 g/mol. The molecular formula is C18H22N4O2. The van der Waals surface area contributed by atoms with E-state index in [4.69, 9.17) is 4.74 Å². The van der Waals surface area contributed by atoms with Crippen molar-refractivity contribution in [3.05, 3.63) is 48.8 Å². The normalized spacial score (nSPS) is 15.1. The molecule has 0 radical (unpaired) electrons. The maximum absolute atomic E-state index is 12.3. The lowest BCUT2D eigenvalue weighted by Gasteiger charge is -2.32. The minimum absolute atomic E-state index is 0.164. The number of piperidine rings is 1. The number of hydrogen-bond donors (Lipinski definition) is 1. The number of rotatable bonds is 6. The van der Waals surface area contributed by atoms with E-state index in [1.54, 1.807) is 18.5 Å². The van der Waals surface area contributed by atoms with E-state index in [1.807, 2.05) is 35.2 Å². The lowest BCUT2D eigenvalue weighted by Crippen LogP contribution is -2.42. The van der Waals surface area contributed by atoms with Gasteiger partial charge in [-0.1, -0.05) is 18.2 Å². The van der Waals surface area contributed by atoms with Crippen LogP contribution < -0.4 is 10.1 Å². The predicted molar refractivity (Wildman–Crippen MR) is 91.8 cm³/mol. The molecule has 1 N–H and O–H groups in total. The number of anilines is 1. The molecule has 2 aromatic rings. The van der Waals surface area contributed by atoms with E-state index in [-0.39, 0.29) is 12.0 Å². The largest absolute Gasteiger partial charge is 0.490 e. The third-order valence-electron chi connectivity index (χ3n) is 4.03. The van der Waals surface area contributed by atoms with Crippen molar-refractivity contribution in [1.29, 1.82) is 0 Å². The average Bonchev–Trinajstić information content (AvgIpc) is 2.64. The molecule has 1 aliphatic rings. The maximum Gasteiger partial charge on any atom is 0.224 e. The second kappa shape index (κ2) is 8.29. The third-order valence-corrected chi connectivity index (χ3v) is 4.03. The van der Waals surface area contributed by atoms with Crippen LogP contribution in [0.4, 0.5) is 5.95 Å². The number of amides is 1. The van der Waals surface area contributed by atoms with Crippen molar-refractivity contribution < 1.29 is 9.53 Å². The van der Waals surface area contributed by atoms with E-state index in [0.717, 1.165) is 31.7 Å². The minimum atomic E-state index is 0.164. The Morgan fingerprint density at radius 1 is 1.12 bits per heavy atom. The fraction of sp³-hybridized carbons (Fsp3) is 0.389. The summed E-state index contributed by atoms with van der Waals surface area (Å²) in [5.74, 6) is 1.62. The number of benzene rings is 1. The number of aromatic nitrogens is 2. The fourth-order valence-corrected chi connectivity index (χ4v) is 2.74. The van der Waals surface area contributed by atoms with Gasteiger partial charge in [0.15, 0.2) is 0 Å². The first-order chi connectivity index (χ1) is 11.8. The molecule has 1 saturated heterocycles. The van der Waals surface area contributed by atoms with Crippen molar-refractivity contribution in [3.8, 4) is 5.75 Å². The van der Waals surface area contributed by atoms with Crippen molar-refractivity contribution in [3.63, 3.8) is 0 Å². The Hall–Kier alpha value is -2.63. The van der Waals surface area contributed by atoms with Gasteiger partial charge in [-0.25, -0.2) is 9.97 Å². The Morgan fingerprint density at radius 3 is 2.54 bits per heavy atom. The van der Waals surface area contributed by atoms with Crippen LogP contribution in [0.25, 0.3) is 0 Å². The molecule has 0 atom stereocenters. The van der Waals surface area contributed by atoms with Crippen LogP contribution >= 0.6 is 0 Å². The summed E-state index contributed by atoms with van der Waals surface area (Å²) in [4.78, 5) is 22.3. The molecule has 0 spiro atoms. The van der Waals surface area contributed by atoms with Crippen LogP contribution in [0.5, 0.6) is 5.75 Å². The SMILES string of the molecule is O=C(CCNc1ncccn1)N1CCC(Oc2ccccc2)CC1. The summed E-state index contributed by atoms with van der Waals surface area (Å²) in [5.41, 5.74) is 0. The molecule has 24 heavy (non-hydrogen) atoms. The molecule has 126 valence electrons. The fourth-order valence-electron chi connectivity index (χ4n) is 2.74. The lowest BCUT2D eigenvalue weighted by atomic mass is 10.1. The number of likely N-dealkylation sites (tertiary alicyclic amines) is 1. The van der Waals surface area contributed by atoms with Gasteiger partial charge in [0.25, 0.3) is 0 Å². The quantitative estimate of drug-likeness (QED) is 0.882. The van der Waals surface area contributed by atoms with Gasteiger partial charge in [-0.05, 0) is 18.2 Å². The van der Waals surface area contributed by atoms with Gasteiger partial charge in [-0.2, -0.15) is 0 Å². The molecule has 0 bridgehead atoms. The van der Waals surface area contributed by atoms with E-state index in [1.165, 1.54) is 0 Å². The van der Waals surface area contributed by atoms with Crippen molar-refractivity contribution in [2.75, 3.05) is 25.0 Å². The number of para-hydroxylation sites is 1. The van der Waals surface area contributed by atoms with Crippen molar-refractivity contribution in [2.24, 2.45) is 0 Å². The van der Waals surface area contributed by atoms with E-state index in [9.17, 15) is 4.79 Å². The molecule has 2 heterocycles. The summed E-state index contributed by atoms with van der Waals surface area (Å²) in [6.07, 6.45) is 5.73. The summed E-state index contributed by atoms with van der Waals surface area (Å²) in [6.45, 7) is 2.04. The van der Waals surface area contributed by atoms with Crippen LogP contribution in [0.2, 0.25) is 0 Å². The maximum atomic E-state index is 12.3. The van der Waals surface area contributed by atoms with E-state index < -0.39 is 0 Å². The van der Waals surface area contributed by atoms with E-state index in [0.29, 0.717) is 18.9 Å². The highest BCUT2D eigenvalue weighted by Gasteiger charge is 2.23. The zero-order chi connectivity index (χ0) is 16.6. The number of ether oxygens (including phenoxy) is 1. The first-order valence-electron chi connectivity index (χ1n) is 8.31. The Morgan fingerprint density at radius 2 is 1.83 bits per heavy atom. The second-order valence-corrected chi connectivity index (χ2v) is 5.76. The van der Waals surface area contributed by atoms with Crippen LogP contribution in [-0.4, -0.2) is 46.5 Å². The first kappa shape index (κ1) is 16.2. The Labute approximate surface area is 141 Å². The van der Waals surface area contributed by atoms with Crippen LogP contribution in [0.3, 0.4) is 0 Å². The number of nitrogens with zero attached hydrogens (tertiary/aromatic N) is 3. The van der Waals surface area contributed by atoms with E-state index in [2.05, 4.69) is 15.3 Å². The smallest absolute Gasteiger partial charge is 0.224 e. The molecule has 1 fully saturated rings. The first-order valence-corrected chi connectivity index (χ1v) is 8.31. The van der Waals surface area contributed by atoms with E-state index >= 15 is 0 Å². The van der Waals surface area contributed by atoms with Gasteiger partial charge in [-0.15, -0.1) is 0 Å². The van der Waals surface area contributed by atoms with Gasteiger partial charge in [0, 0.05) is 51.3 Å². The van der Waals surface area contributed by atoms with Gasteiger partial charge in [0.05, 0.1) is 0 Å². The van der Waals surface area contributed by atoms with Gasteiger partial charge in [-0.3, -0.25) is 4.79 Å². The number of nitrogens with one attached hydrogen (secondary N) is 1. The van der Waals surface area contributed by atoms with Crippen LogP contribution in [0.1, 0.15) is 19.3 Å². The lowest BCUT2D eigenvalue weighted by molar-refractivity contribution is -0.132. The number of carbonyl (C=O) groups is 1. The summed E-state index contributed by atoms with van der Waals surface area (Å²) >= 11 is 0. The van der Waals surface area contributed by atoms with Crippen LogP contribution in [0.15, 0.2) is 48.8 Å². The van der Waals surface area contributed by atoms with Crippen LogP contribution in [-0.2, 0) is 4.79 Å². The summed E-state index contributed by atoms with van der Waals surface area (Å²) < 4.78 is 5.96. The minimum Gasteiger partial charge on any atom is -0.490 e. The molecule has 0 unspecified atom stereocenters. The third kappa shape index (κ3) is 4.68. The Bertz CT molecular complexity index is 628. The highest BCUT2D eigenvalue weighted by molar-refractivity contribution is 5.76. The molecule has 1 aromatic carbocycles. The van der Waals surface area contributed by atoms with Crippen LogP contribution in [0, 0.1) is 0 Å². The number of hydrogen-bond acceptors (Lipinski definition) is 5. The molecule has 6 heteroatoms. The van der Waals surface area contributed by atoms with Gasteiger partial charge in [0.1, 0.15) is 11.9 Å². The topological polar surface area (TPSA) is 67.4 Å². The zero-order valence-corrected chi connectivity index (χ0v) is 13.6. The second-order valence-electron chi connectivity index (χ2n) is 5.76. The Balaban J connectivity index is 1.37. The van der Waals surface area contributed by atoms with Crippen molar-refractivity contribution in [2.45, 2.75) is 25.4 Å². The van der Waals surface area contributed by atoms with Crippen molar-refractivity contribution in [1.82, 2.24) is 14.9 Å². The highest BCUT2D eigenvalue weighted by Crippen LogP contribution is 2.19. The highest BCUT2D eigenvalue weighted by atomic mass is 16.5. The van der Waals surface area contributed by atoms with Crippen molar-refractivity contribution >= 4 is 11.9 Å². The van der Waals surface area contributed by atoms with Gasteiger partial charge < -0.3 is 15.0 Å². The summed E-state index contributed by atoms with van der Waals surface area (Å²) in [5, 5.41) is 3.06. The molecule has 3 rings (SSSR count).